The van der Waals surface area contributed by atoms with Gasteiger partial charge in [-0.1, -0.05) is 0 Å². The Labute approximate surface area is 112 Å². The van der Waals surface area contributed by atoms with Crippen molar-refractivity contribution in [2.45, 2.75) is 19.3 Å². The van der Waals surface area contributed by atoms with Crippen LogP contribution >= 0.6 is 0 Å². The van der Waals surface area contributed by atoms with Gasteiger partial charge in [0.15, 0.2) is 0 Å². The van der Waals surface area contributed by atoms with Crippen molar-refractivity contribution in [3.8, 4) is 0 Å². The predicted octanol–water partition coefficient (Wildman–Crippen LogP) is 0.932. The van der Waals surface area contributed by atoms with E-state index in [2.05, 4.69) is 5.32 Å². The highest BCUT2D eigenvalue weighted by Crippen LogP contribution is 2.48. The first-order chi connectivity index (χ1) is 9.06. The van der Waals surface area contributed by atoms with E-state index >= 15 is 0 Å². The number of carbonyl (C=O) groups is 1. The molecule has 1 saturated carbocycles. The minimum atomic E-state index is -0.179. The third-order valence-electron chi connectivity index (χ3n) is 3.78. The molecule has 5 nitrogen and oxygen atoms in total. The molecule has 5 heteroatoms. The third kappa shape index (κ3) is 3.44. The highest BCUT2D eigenvalue weighted by molar-refractivity contribution is 5.94. The summed E-state index contributed by atoms with van der Waals surface area (Å²) in [5.74, 6) is -0.179. The second-order valence-corrected chi connectivity index (χ2v) is 5.29. The fraction of sp³-hybridized carbons (Fsp3) is 0.571. The standard InChI is InChI=1S/C14H20N2O3/c1-16-7-3-11(9-12(16)17)13(18)15-10-14(4-5-14)6-8-19-2/h3,7,9H,4-6,8,10H2,1-2H3,(H,15,18). The van der Waals surface area contributed by atoms with Crippen LogP contribution in [-0.2, 0) is 11.8 Å². The maximum Gasteiger partial charge on any atom is 0.251 e. The van der Waals surface area contributed by atoms with E-state index in [1.807, 2.05) is 0 Å². The number of hydrogen-bond donors (Lipinski definition) is 1. The van der Waals surface area contributed by atoms with E-state index < -0.39 is 0 Å². The number of aryl methyl sites for hydroxylation is 1. The fourth-order valence-corrected chi connectivity index (χ4v) is 2.07. The number of nitrogens with one attached hydrogen (secondary N) is 1. The summed E-state index contributed by atoms with van der Waals surface area (Å²) in [5.41, 5.74) is 0.463. The Morgan fingerprint density at radius 3 is 2.84 bits per heavy atom. The molecule has 1 amide bonds. The quantitative estimate of drug-likeness (QED) is 0.831. The molecule has 1 N–H and O–H groups in total. The lowest BCUT2D eigenvalue weighted by atomic mass is 10.0. The summed E-state index contributed by atoms with van der Waals surface area (Å²) in [7, 11) is 3.35. The Bertz CT molecular complexity index is 518. The number of amides is 1. The fourth-order valence-electron chi connectivity index (χ4n) is 2.07. The van der Waals surface area contributed by atoms with Gasteiger partial charge < -0.3 is 14.6 Å². The first kappa shape index (κ1) is 13.8. The minimum absolute atomic E-state index is 0.173. The maximum absolute atomic E-state index is 12.0. The molecule has 0 atom stereocenters. The number of hydrogen-bond acceptors (Lipinski definition) is 3. The van der Waals surface area contributed by atoms with Gasteiger partial charge in [-0.05, 0) is 30.7 Å². The molecule has 0 radical (unpaired) electrons. The Morgan fingerprint density at radius 2 is 2.26 bits per heavy atom. The molecule has 1 heterocycles. The van der Waals surface area contributed by atoms with Crippen LogP contribution in [0.25, 0.3) is 0 Å². The average molecular weight is 264 g/mol. The van der Waals surface area contributed by atoms with E-state index in [9.17, 15) is 9.59 Å². The summed E-state index contributed by atoms with van der Waals surface area (Å²) in [5, 5.41) is 2.91. The Hall–Kier alpha value is -1.62. The van der Waals surface area contributed by atoms with Gasteiger partial charge in [0.2, 0.25) is 0 Å². The van der Waals surface area contributed by atoms with Crippen molar-refractivity contribution in [1.29, 1.82) is 0 Å². The number of nitrogens with zero attached hydrogens (tertiary/aromatic N) is 1. The smallest absolute Gasteiger partial charge is 0.251 e. The Kier molecular flexibility index (Phi) is 4.04. The van der Waals surface area contributed by atoms with Crippen LogP contribution < -0.4 is 10.9 Å². The van der Waals surface area contributed by atoms with E-state index in [1.54, 1.807) is 26.4 Å². The van der Waals surface area contributed by atoms with Gasteiger partial charge in [-0.25, -0.2) is 0 Å². The third-order valence-corrected chi connectivity index (χ3v) is 3.78. The largest absolute Gasteiger partial charge is 0.385 e. The summed E-state index contributed by atoms with van der Waals surface area (Å²) in [6, 6.07) is 3.02. The van der Waals surface area contributed by atoms with Crippen LogP contribution in [0.1, 0.15) is 29.6 Å². The van der Waals surface area contributed by atoms with E-state index in [4.69, 9.17) is 4.74 Å². The van der Waals surface area contributed by atoms with Crippen molar-refractivity contribution in [3.63, 3.8) is 0 Å². The zero-order valence-corrected chi connectivity index (χ0v) is 11.4. The molecule has 0 aliphatic heterocycles. The molecule has 1 aromatic heterocycles. The first-order valence-corrected chi connectivity index (χ1v) is 6.50. The van der Waals surface area contributed by atoms with Gasteiger partial charge in [-0.2, -0.15) is 0 Å². The van der Waals surface area contributed by atoms with Crippen molar-refractivity contribution in [3.05, 3.63) is 34.2 Å². The number of carbonyl (C=O) groups excluding carboxylic acids is 1. The molecule has 0 bridgehead atoms. The van der Waals surface area contributed by atoms with Crippen LogP contribution in [0, 0.1) is 5.41 Å². The molecule has 2 rings (SSSR count). The minimum Gasteiger partial charge on any atom is -0.385 e. The molecule has 0 aromatic carbocycles. The zero-order chi connectivity index (χ0) is 13.9. The van der Waals surface area contributed by atoms with Crippen molar-refractivity contribution in [2.24, 2.45) is 12.5 Å². The summed E-state index contributed by atoms with van der Waals surface area (Å²) < 4.78 is 6.52. The van der Waals surface area contributed by atoms with Gasteiger partial charge in [0.25, 0.3) is 11.5 Å². The highest BCUT2D eigenvalue weighted by Gasteiger charge is 2.42. The Morgan fingerprint density at radius 1 is 1.53 bits per heavy atom. The van der Waals surface area contributed by atoms with Crippen LogP contribution in [0.5, 0.6) is 0 Å². The topological polar surface area (TPSA) is 60.3 Å². The summed E-state index contributed by atoms with van der Waals surface area (Å²) in [6.45, 7) is 1.38. The van der Waals surface area contributed by atoms with E-state index in [-0.39, 0.29) is 16.9 Å². The lowest BCUT2D eigenvalue weighted by molar-refractivity contribution is 0.0937. The molecule has 0 saturated heterocycles. The van der Waals surface area contributed by atoms with Gasteiger partial charge in [0.1, 0.15) is 0 Å². The van der Waals surface area contributed by atoms with Crippen LogP contribution in [0.3, 0.4) is 0 Å². The summed E-state index contributed by atoms with van der Waals surface area (Å²) in [4.78, 5) is 23.4. The number of rotatable bonds is 6. The van der Waals surface area contributed by atoms with Crippen molar-refractivity contribution >= 4 is 5.91 Å². The van der Waals surface area contributed by atoms with Crippen LogP contribution in [0.4, 0.5) is 0 Å². The molecule has 1 aromatic rings. The van der Waals surface area contributed by atoms with E-state index in [0.29, 0.717) is 12.1 Å². The molecule has 0 unspecified atom stereocenters. The number of pyridine rings is 1. The SMILES string of the molecule is COCCC1(CNC(=O)c2ccn(C)c(=O)c2)CC1. The maximum atomic E-state index is 12.0. The molecule has 1 aliphatic rings. The predicted molar refractivity (Wildman–Crippen MR) is 72.2 cm³/mol. The number of ether oxygens (including phenoxy) is 1. The molecule has 19 heavy (non-hydrogen) atoms. The first-order valence-electron chi connectivity index (χ1n) is 6.50. The molecular formula is C14H20N2O3. The molecule has 104 valence electrons. The van der Waals surface area contributed by atoms with Crippen LogP contribution in [0.2, 0.25) is 0 Å². The second kappa shape index (κ2) is 5.57. The van der Waals surface area contributed by atoms with E-state index in [0.717, 1.165) is 25.9 Å². The zero-order valence-electron chi connectivity index (χ0n) is 11.4. The lowest BCUT2D eigenvalue weighted by Crippen LogP contribution is -2.31. The molecule has 1 aliphatic carbocycles. The average Bonchev–Trinajstić information content (AvgIpc) is 3.17. The van der Waals surface area contributed by atoms with Gasteiger partial charge in [0.05, 0.1) is 0 Å². The normalized spacial score (nSPS) is 16.1. The number of methoxy groups -OCH3 is 1. The lowest BCUT2D eigenvalue weighted by Gasteiger charge is -2.15. The van der Waals surface area contributed by atoms with Gasteiger partial charge >= 0.3 is 0 Å². The summed E-state index contributed by atoms with van der Waals surface area (Å²) >= 11 is 0. The van der Waals surface area contributed by atoms with Crippen molar-refractivity contribution in [2.75, 3.05) is 20.3 Å². The van der Waals surface area contributed by atoms with Gasteiger partial charge in [-0.3, -0.25) is 9.59 Å². The highest BCUT2D eigenvalue weighted by atomic mass is 16.5. The Balaban J connectivity index is 1.91. The van der Waals surface area contributed by atoms with Crippen LogP contribution in [0.15, 0.2) is 23.1 Å². The monoisotopic (exact) mass is 264 g/mol. The van der Waals surface area contributed by atoms with Crippen LogP contribution in [-0.4, -0.2) is 30.7 Å². The van der Waals surface area contributed by atoms with E-state index in [1.165, 1.54) is 10.6 Å². The molecular weight excluding hydrogens is 244 g/mol. The van der Waals surface area contributed by atoms with Gasteiger partial charge in [0, 0.05) is 45.1 Å². The van der Waals surface area contributed by atoms with Gasteiger partial charge in [-0.15, -0.1) is 0 Å². The van der Waals surface area contributed by atoms with Crippen molar-refractivity contribution < 1.29 is 9.53 Å². The summed E-state index contributed by atoms with van der Waals surface area (Å²) in [6.07, 6.45) is 4.84. The van der Waals surface area contributed by atoms with Crippen molar-refractivity contribution in [1.82, 2.24) is 9.88 Å². The number of aromatic nitrogens is 1. The molecule has 1 fully saturated rings. The second-order valence-electron chi connectivity index (χ2n) is 5.29. The molecule has 0 spiro atoms.